The predicted octanol–water partition coefficient (Wildman–Crippen LogP) is 1.19. The molecule has 14 heavy (non-hydrogen) atoms. The summed E-state index contributed by atoms with van der Waals surface area (Å²) in [6, 6.07) is 0. The third kappa shape index (κ3) is 3.66. The number of hydrogen-bond acceptors (Lipinski definition) is 4. The van der Waals surface area contributed by atoms with E-state index >= 15 is 0 Å². The molecule has 0 aliphatic carbocycles. The predicted molar refractivity (Wildman–Crippen MR) is 51.4 cm³/mol. The first-order valence-corrected chi connectivity index (χ1v) is 4.62. The van der Waals surface area contributed by atoms with E-state index in [1.54, 1.807) is 0 Å². The molecule has 0 saturated heterocycles. The third-order valence-electron chi connectivity index (χ3n) is 1.74. The van der Waals surface area contributed by atoms with Crippen molar-refractivity contribution in [3.05, 3.63) is 18.2 Å². The molecule has 1 aromatic rings. The van der Waals surface area contributed by atoms with Crippen LogP contribution in [0, 0.1) is 5.82 Å². The number of nitrogens with one attached hydrogen (secondary N) is 1. The summed E-state index contributed by atoms with van der Waals surface area (Å²) >= 11 is 0. The van der Waals surface area contributed by atoms with E-state index in [1.807, 2.05) is 6.92 Å². The van der Waals surface area contributed by atoms with Gasteiger partial charge in [-0.1, -0.05) is 13.3 Å². The molecule has 78 valence electrons. The number of aromatic nitrogens is 2. The standard InChI is InChI=1S/C9H14FN3O/c1-2-3-8(14)6-13-9-11-4-7(10)5-12-9/h4-5,8,14H,2-3,6H2,1H3,(H,11,12,13). The van der Waals surface area contributed by atoms with E-state index in [4.69, 9.17) is 0 Å². The Balaban J connectivity index is 2.34. The lowest BCUT2D eigenvalue weighted by Gasteiger charge is -2.09. The summed E-state index contributed by atoms with van der Waals surface area (Å²) in [6.07, 6.45) is 3.42. The van der Waals surface area contributed by atoms with Crippen molar-refractivity contribution in [3.63, 3.8) is 0 Å². The molecular weight excluding hydrogens is 185 g/mol. The molecular formula is C9H14FN3O. The van der Waals surface area contributed by atoms with Crippen LogP contribution < -0.4 is 5.32 Å². The average Bonchev–Trinajstić information content (AvgIpc) is 2.17. The molecule has 0 fully saturated rings. The number of anilines is 1. The molecule has 0 aliphatic rings. The molecule has 0 radical (unpaired) electrons. The highest BCUT2D eigenvalue weighted by Crippen LogP contribution is 2.00. The molecule has 1 atom stereocenters. The fraction of sp³-hybridized carbons (Fsp3) is 0.556. The lowest BCUT2D eigenvalue weighted by molar-refractivity contribution is 0.176. The molecule has 0 bridgehead atoms. The second-order valence-electron chi connectivity index (χ2n) is 3.05. The van der Waals surface area contributed by atoms with Crippen molar-refractivity contribution in [2.75, 3.05) is 11.9 Å². The van der Waals surface area contributed by atoms with Gasteiger partial charge in [0.25, 0.3) is 0 Å². The second-order valence-corrected chi connectivity index (χ2v) is 3.05. The number of nitrogens with zero attached hydrogens (tertiary/aromatic N) is 2. The summed E-state index contributed by atoms with van der Waals surface area (Å²) < 4.78 is 12.4. The van der Waals surface area contributed by atoms with Gasteiger partial charge in [0.2, 0.25) is 5.95 Å². The Morgan fingerprint density at radius 1 is 1.50 bits per heavy atom. The zero-order valence-corrected chi connectivity index (χ0v) is 8.07. The molecule has 1 heterocycles. The lowest BCUT2D eigenvalue weighted by Crippen LogP contribution is -2.20. The SMILES string of the molecule is CCCC(O)CNc1ncc(F)cn1. The molecule has 4 nitrogen and oxygen atoms in total. The minimum atomic E-state index is -0.468. The largest absolute Gasteiger partial charge is 0.391 e. The van der Waals surface area contributed by atoms with Crippen LogP contribution in [0.5, 0.6) is 0 Å². The van der Waals surface area contributed by atoms with Crippen molar-refractivity contribution in [2.24, 2.45) is 0 Å². The smallest absolute Gasteiger partial charge is 0.222 e. The molecule has 5 heteroatoms. The van der Waals surface area contributed by atoms with Crippen molar-refractivity contribution in [3.8, 4) is 0 Å². The Hall–Kier alpha value is -1.23. The maximum atomic E-state index is 12.4. The van der Waals surface area contributed by atoms with Gasteiger partial charge in [-0.05, 0) is 6.42 Å². The van der Waals surface area contributed by atoms with Gasteiger partial charge >= 0.3 is 0 Å². The first kappa shape index (κ1) is 10.8. The molecule has 1 unspecified atom stereocenters. The van der Waals surface area contributed by atoms with Crippen LogP contribution in [-0.4, -0.2) is 27.7 Å². The summed E-state index contributed by atoms with van der Waals surface area (Å²) in [5.74, 6) is -0.133. The van der Waals surface area contributed by atoms with Crippen LogP contribution in [-0.2, 0) is 0 Å². The van der Waals surface area contributed by atoms with E-state index in [0.29, 0.717) is 12.5 Å². The topological polar surface area (TPSA) is 58.0 Å². The number of aliphatic hydroxyl groups excluding tert-OH is 1. The van der Waals surface area contributed by atoms with Crippen LogP contribution in [0.4, 0.5) is 10.3 Å². The maximum absolute atomic E-state index is 12.4. The van der Waals surface area contributed by atoms with Crippen LogP contribution in [0.15, 0.2) is 12.4 Å². The van der Waals surface area contributed by atoms with Crippen LogP contribution >= 0.6 is 0 Å². The van der Waals surface area contributed by atoms with Gasteiger partial charge < -0.3 is 10.4 Å². The van der Waals surface area contributed by atoms with Gasteiger partial charge in [-0.2, -0.15) is 0 Å². The zero-order valence-electron chi connectivity index (χ0n) is 8.07. The quantitative estimate of drug-likeness (QED) is 0.747. The Morgan fingerprint density at radius 3 is 2.71 bits per heavy atom. The summed E-state index contributed by atoms with van der Waals surface area (Å²) in [5, 5.41) is 12.2. The summed E-state index contributed by atoms with van der Waals surface area (Å²) in [6.45, 7) is 2.39. The average molecular weight is 199 g/mol. The number of aliphatic hydroxyl groups is 1. The first-order chi connectivity index (χ1) is 6.72. The van der Waals surface area contributed by atoms with E-state index in [0.717, 1.165) is 25.2 Å². The summed E-state index contributed by atoms with van der Waals surface area (Å²) in [7, 11) is 0. The molecule has 1 rings (SSSR count). The van der Waals surface area contributed by atoms with E-state index < -0.39 is 11.9 Å². The molecule has 0 aliphatic heterocycles. The first-order valence-electron chi connectivity index (χ1n) is 4.62. The molecule has 0 spiro atoms. The number of rotatable bonds is 5. The highest BCUT2D eigenvalue weighted by Gasteiger charge is 2.03. The Bertz CT molecular complexity index is 265. The monoisotopic (exact) mass is 199 g/mol. The second kappa shape index (κ2) is 5.49. The van der Waals surface area contributed by atoms with Gasteiger partial charge in [-0.15, -0.1) is 0 Å². The van der Waals surface area contributed by atoms with Crippen LogP contribution in [0.3, 0.4) is 0 Å². The summed E-state index contributed by atoms with van der Waals surface area (Å²) in [5.41, 5.74) is 0. The summed E-state index contributed by atoms with van der Waals surface area (Å²) in [4.78, 5) is 7.40. The maximum Gasteiger partial charge on any atom is 0.222 e. The van der Waals surface area contributed by atoms with Crippen LogP contribution in [0.25, 0.3) is 0 Å². The number of hydrogen-bond donors (Lipinski definition) is 2. The van der Waals surface area contributed by atoms with E-state index in [1.165, 1.54) is 0 Å². The molecule has 0 aromatic carbocycles. The van der Waals surface area contributed by atoms with Gasteiger partial charge in [0.05, 0.1) is 18.5 Å². The highest BCUT2D eigenvalue weighted by molar-refractivity contribution is 5.22. The van der Waals surface area contributed by atoms with Crippen molar-refractivity contribution >= 4 is 5.95 Å². The van der Waals surface area contributed by atoms with Gasteiger partial charge in [0, 0.05) is 6.54 Å². The third-order valence-corrected chi connectivity index (χ3v) is 1.74. The van der Waals surface area contributed by atoms with Crippen molar-refractivity contribution in [2.45, 2.75) is 25.9 Å². The van der Waals surface area contributed by atoms with Crippen LogP contribution in [0.1, 0.15) is 19.8 Å². The van der Waals surface area contributed by atoms with Gasteiger partial charge in [0.1, 0.15) is 0 Å². The highest BCUT2D eigenvalue weighted by atomic mass is 19.1. The van der Waals surface area contributed by atoms with E-state index in [-0.39, 0.29) is 0 Å². The Morgan fingerprint density at radius 2 is 2.14 bits per heavy atom. The van der Waals surface area contributed by atoms with Crippen LogP contribution in [0.2, 0.25) is 0 Å². The molecule has 0 saturated carbocycles. The molecule has 1 aromatic heterocycles. The Labute approximate surface area is 82.2 Å². The lowest BCUT2D eigenvalue weighted by atomic mass is 10.2. The Kier molecular flexibility index (Phi) is 4.25. The van der Waals surface area contributed by atoms with Crippen molar-refractivity contribution in [1.82, 2.24) is 9.97 Å². The minimum absolute atomic E-state index is 0.335. The molecule has 0 amide bonds. The fourth-order valence-electron chi connectivity index (χ4n) is 1.05. The molecule has 2 N–H and O–H groups in total. The fourth-order valence-corrected chi connectivity index (χ4v) is 1.05. The van der Waals surface area contributed by atoms with Crippen molar-refractivity contribution < 1.29 is 9.50 Å². The normalized spacial score (nSPS) is 12.5. The zero-order chi connectivity index (χ0) is 10.4. The van der Waals surface area contributed by atoms with Gasteiger partial charge in [-0.25, -0.2) is 14.4 Å². The van der Waals surface area contributed by atoms with Crippen molar-refractivity contribution in [1.29, 1.82) is 0 Å². The van der Waals surface area contributed by atoms with Gasteiger partial charge in [0.15, 0.2) is 5.82 Å². The van der Waals surface area contributed by atoms with Gasteiger partial charge in [-0.3, -0.25) is 0 Å². The van der Waals surface area contributed by atoms with E-state index in [9.17, 15) is 9.50 Å². The minimum Gasteiger partial charge on any atom is -0.391 e. The van der Waals surface area contributed by atoms with E-state index in [2.05, 4.69) is 15.3 Å². The number of halogens is 1.